The van der Waals surface area contributed by atoms with Crippen molar-refractivity contribution in [2.75, 3.05) is 4.90 Å². The van der Waals surface area contributed by atoms with Gasteiger partial charge in [0.2, 0.25) is 0 Å². The van der Waals surface area contributed by atoms with Gasteiger partial charge in [-0.1, -0.05) is 153 Å². The zero-order chi connectivity index (χ0) is 38.1. The highest BCUT2D eigenvalue weighted by atomic mass is 16.3. The Kier molecular flexibility index (Phi) is 7.69. The van der Waals surface area contributed by atoms with Crippen molar-refractivity contribution in [3.8, 4) is 33.4 Å². The first-order chi connectivity index (χ1) is 28.0. The Morgan fingerprint density at radius 3 is 2.07 bits per heavy atom. The minimum atomic E-state index is -0.0941. The Morgan fingerprint density at radius 1 is 0.474 bits per heavy atom. The Hall–Kier alpha value is -6.90. The molecule has 8 aromatic carbocycles. The lowest BCUT2D eigenvalue weighted by atomic mass is 9.79. The van der Waals surface area contributed by atoms with Crippen molar-refractivity contribution in [2.24, 2.45) is 0 Å². The molecule has 2 heteroatoms. The molecule has 1 aromatic heterocycles. The summed E-state index contributed by atoms with van der Waals surface area (Å²) in [6, 6.07) is 66.4. The highest BCUT2D eigenvalue weighted by Crippen LogP contribution is 2.53. The molecule has 2 aliphatic carbocycles. The minimum absolute atomic E-state index is 0.0941. The third-order valence-corrected chi connectivity index (χ3v) is 12.4. The predicted molar refractivity (Wildman–Crippen MR) is 240 cm³/mol. The maximum atomic E-state index is 6.22. The maximum Gasteiger partial charge on any atom is 0.135 e. The van der Waals surface area contributed by atoms with Gasteiger partial charge in [0.05, 0.1) is 5.69 Å². The van der Waals surface area contributed by atoms with E-state index in [1.807, 2.05) is 12.1 Å². The van der Waals surface area contributed by atoms with Crippen LogP contribution in [-0.2, 0) is 5.41 Å². The molecule has 9 aromatic rings. The first kappa shape index (κ1) is 33.4. The summed E-state index contributed by atoms with van der Waals surface area (Å²) in [7, 11) is 0. The fourth-order valence-electron chi connectivity index (χ4n) is 9.48. The van der Waals surface area contributed by atoms with E-state index in [2.05, 4.69) is 195 Å². The van der Waals surface area contributed by atoms with Crippen molar-refractivity contribution >= 4 is 49.7 Å². The zero-order valence-corrected chi connectivity index (χ0v) is 32.2. The van der Waals surface area contributed by atoms with Crippen LogP contribution in [0, 0.1) is 0 Å². The molecule has 1 heterocycles. The van der Waals surface area contributed by atoms with Crippen molar-refractivity contribution < 1.29 is 4.42 Å². The largest absolute Gasteiger partial charge is 0.456 e. The second-order valence-corrected chi connectivity index (χ2v) is 16.1. The predicted octanol–water partition coefficient (Wildman–Crippen LogP) is 15.3. The van der Waals surface area contributed by atoms with E-state index in [0.717, 1.165) is 40.5 Å². The number of rotatable bonds is 6. The van der Waals surface area contributed by atoms with E-state index in [9.17, 15) is 0 Å². The summed E-state index contributed by atoms with van der Waals surface area (Å²) in [4.78, 5) is 2.56. The lowest BCUT2D eigenvalue weighted by Crippen LogP contribution is -2.22. The van der Waals surface area contributed by atoms with Gasteiger partial charge in [0, 0.05) is 33.1 Å². The van der Waals surface area contributed by atoms with Crippen LogP contribution in [-0.4, -0.2) is 0 Å². The van der Waals surface area contributed by atoms with Gasteiger partial charge in [-0.2, -0.15) is 0 Å². The van der Waals surface area contributed by atoms with Gasteiger partial charge in [-0.05, 0) is 122 Å². The molecule has 0 saturated heterocycles. The number of hydrogen-bond acceptors (Lipinski definition) is 2. The van der Waals surface area contributed by atoms with E-state index in [0.29, 0.717) is 0 Å². The lowest BCUT2D eigenvalue weighted by molar-refractivity contribution is 0.648. The van der Waals surface area contributed by atoms with Crippen molar-refractivity contribution in [1.82, 2.24) is 0 Å². The topological polar surface area (TPSA) is 16.4 Å². The van der Waals surface area contributed by atoms with Gasteiger partial charge in [0.1, 0.15) is 11.2 Å². The molecule has 57 heavy (non-hydrogen) atoms. The SMILES string of the molecule is CC1(C)C2=C(CCC(N(c3cccc(-c4ccc5oc6ccccc6c5c4)c3)c3cc(-c4ccc5ccccc5c4)ccc3-c3ccccc3)=C2)c2ccccc21. The van der Waals surface area contributed by atoms with E-state index in [1.165, 1.54) is 77.8 Å². The number of furan rings is 1. The third-order valence-electron chi connectivity index (χ3n) is 12.4. The average Bonchev–Trinajstić information content (AvgIpc) is 3.75. The van der Waals surface area contributed by atoms with Gasteiger partial charge in [-0.3, -0.25) is 0 Å². The third kappa shape index (κ3) is 5.55. The first-order valence-electron chi connectivity index (χ1n) is 20.0. The Labute approximate surface area is 333 Å². The van der Waals surface area contributed by atoms with E-state index >= 15 is 0 Å². The van der Waals surface area contributed by atoms with Crippen molar-refractivity contribution in [3.05, 3.63) is 210 Å². The second kappa shape index (κ2) is 13.1. The second-order valence-electron chi connectivity index (χ2n) is 16.1. The van der Waals surface area contributed by atoms with Gasteiger partial charge in [0.25, 0.3) is 0 Å². The summed E-state index contributed by atoms with van der Waals surface area (Å²) >= 11 is 0. The van der Waals surface area contributed by atoms with Gasteiger partial charge in [-0.15, -0.1) is 0 Å². The van der Waals surface area contributed by atoms with E-state index < -0.39 is 0 Å². The number of nitrogens with zero attached hydrogens (tertiary/aromatic N) is 1. The van der Waals surface area contributed by atoms with Gasteiger partial charge in [-0.25, -0.2) is 0 Å². The van der Waals surface area contributed by atoms with E-state index in [4.69, 9.17) is 4.42 Å². The van der Waals surface area contributed by atoms with Crippen LogP contribution in [0.5, 0.6) is 0 Å². The van der Waals surface area contributed by atoms with Crippen LogP contribution in [0.4, 0.5) is 11.4 Å². The number of allylic oxidation sites excluding steroid dienone is 4. The molecule has 0 fully saturated rings. The van der Waals surface area contributed by atoms with Crippen molar-refractivity contribution in [3.63, 3.8) is 0 Å². The molecule has 272 valence electrons. The van der Waals surface area contributed by atoms with Crippen LogP contribution in [0.25, 0.3) is 71.7 Å². The quantitative estimate of drug-likeness (QED) is 0.169. The maximum absolute atomic E-state index is 6.22. The molecule has 0 aliphatic heterocycles. The van der Waals surface area contributed by atoms with E-state index in [-0.39, 0.29) is 5.41 Å². The first-order valence-corrected chi connectivity index (χ1v) is 20.0. The van der Waals surface area contributed by atoms with Crippen LogP contribution in [0.15, 0.2) is 204 Å². The van der Waals surface area contributed by atoms with Crippen molar-refractivity contribution in [2.45, 2.75) is 32.1 Å². The molecule has 0 unspecified atom stereocenters. The molecule has 0 radical (unpaired) electrons. The minimum Gasteiger partial charge on any atom is -0.456 e. The molecule has 0 saturated carbocycles. The molecule has 0 bridgehead atoms. The number of para-hydroxylation sites is 1. The standard InChI is InChI=1S/C55H41NO/c1-55(2)50-21-10-8-19-46(50)47-29-27-44(35-51(47)55)56(43-18-12-17-39(32-43)41-26-30-54-49(33-41)48-20-9-11-22-53(48)57-54)52-34-42(25-28-45(52)37-14-4-3-5-15-37)40-24-23-36-13-6-7-16-38(36)31-40/h3-26,28,30-35H,27,29H2,1-2H3. The molecule has 0 spiro atoms. The average molecular weight is 732 g/mol. The van der Waals surface area contributed by atoms with Crippen LogP contribution in [0.1, 0.15) is 37.8 Å². The summed E-state index contributed by atoms with van der Waals surface area (Å²) in [5.41, 5.74) is 18.2. The highest BCUT2D eigenvalue weighted by Gasteiger charge is 2.39. The van der Waals surface area contributed by atoms with Crippen molar-refractivity contribution in [1.29, 1.82) is 0 Å². The Bertz CT molecular complexity index is 3100. The summed E-state index contributed by atoms with van der Waals surface area (Å²) in [5, 5.41) is 4.77. The van der Waals surface area contributed by atoms with Gasteiger partial charge in [0.15, 0.2) is 0 Å². The number of anilines is 2. The van der Waals surface area contributed by atoms with Crippen LogP contribution in [0.2, 0.25) is 0 Å². The molecule has 0 N–H and O–H groups in total. The number of benzene rings is 8. The molecular formula is C55H41NO. The normalized spacial score (nSPS) is 14.5. The zero-order valence-electron chi connectivity index (χ0n) is 32.2. The molecule has 2 aliphatic rings. The number of hydrogen-bond donors (Lipinski definition) is 0. The smallest absolute Gasteiger partial charge is 0.135 e. The Balaban J connectivity index is 1.13. The monoisotopic (exact) mass is 731 g/mol. The molecular weight excluding hydrogens is 691 g/mol. The van der Waals surface area contributed by atoms with Crippen LogP contribution < -0.4 is 4.90 Å². The summed E-state index contributed by atoms with van der Waals surface area (Å²) in [5.74, 6) is 0. The molecule has 0 amide bonds. The van der Waals surface area contributed by atoms with Crippen LogP contribution >= 0.6 is 0 Å². The lowest BCUT2D eigenvalue weighted by Gasteiger charge is -2.34. The van der Waals surface area contributed by atoms with Crippen LogP contribution in [0.3, 0.4) is 0 Å². The Morgan fingerprint density at radius 2 is 1.16 bits per heavy atom. The van der Waals surface area contributed by atoms with Gasteiger partial charge >= 0.3 is 0 Å². The fraction of sp³-hybridized carbons (Fsp3) is 0.0909. The molecule has 2 nitrogen and oxygen atoms in total. The highest BCUT2D eigenvalue weighted by molar-refractivity contribution is 6.06. The summed E-state index contributed by atoms with van der Waals surface area (Å²) < 4.78 is 6.22. The number of fused-ring (bicyclic) bond motifs is 6. The summed E-state index contributed by atoms with van der Waals surface area (Å²) in [6.45, 7) is 4.79. The van der Waals surface area contributed by atoms with Gasteiger partial charge < -0.3 is 9.32 Å². The van der Waals surface area contributed by atoms with E-state index in [1.54, 1.807) is 0 Å². The fourth-order valence-corrected chi connectivity index (χ4v) is 9.48. The molecule has 0 atom stereocenters. The summed E-state index contributed by atoms with van der Waals surface area (Å²) in [6.07, 6.45) is 4.44. The molecule has 11 rings (SSSR count).